The van der Waals surface area contributed by atoms with E-state index in [9.17, 15) is 9.59 Å². The fourth-order valence-corrected chi connectivity index (χ4v) is 3.47. The molecule has 154 valence electrons. The Morgan fingerprint density at radius 3 is 2.13 bits per heavy atom. The molecule has 0 radical (unpaired) electrons. The van der Waals surface area contributed by atoms with Gasteiger partial charge < -0.3 is 15.5 Å². The minimum Gasteiger partial charge on any atom is -0.355 e. The van der Waals surface area contributed by atoms with E-state index in [1.165, 1.54) is 6.92 Å². The molecule has 3 aromatic rings. The van der Waals surface area contributed by atoms with Gasteiger partial charge in [-0.25, -0.2) is 4.68 Å². The van der Waals surface area contributed by atoms with Crippen LogP contribution in [-0.4, -0.2) is 44.9 Å². The zero-order chi connectivity index (χ0) is 20.9. The Hall–Kier alpha value is -3.75. The first-order chi connectivity index (χ1) is 14.6. The molecule has 0 spiro atoms. The Labute approximate surface area is 174 Å². The maximum absolute atomic E-state index is 12.6. The van der Waals surface area contributed by atoms with E-state index in [1.807, 2.05) is 24.4 Å². The second kappa shape index (κ2) is 8.73. The Balaban J connectivity index is 1.29. The molecule has 1 aliphatic heterocycles. The van der Waals surface area contributed by atoms with Crippen LogP contribution in [0.1, 0.15) is 19.8 Å². The van der Waals surface area contributed by atoms with Crippen molar-refractivity contribution in [1.29, 1.82) is 0 Å². The van der Waals surface area contributed by atoms with Gasteiger partial charge >= 0.3 is 0 Å². The zero-order valence-electron chi connectivity index (χ0n) is 16.7. The largest absolute Gasteiger partial charge is 0.355 e. The molecule has 0 aliphatic carbocycles. The quantitative estimate of drug-likeness (QED) is 0.676. The maximum atomic E-state index is 12.6. The van der Waals surface area contributed by atoms with Crippen LogP contribution < -0.4 is 15.5 Å². The van der Waals surface area contributed by atoms with Crippen molar-refractivity contribution < 1.29 is 9.59 Å². The molecular weight excluding hydrogens is 382 g/mol. The standard InChI is InChI=1S/C21H23N7O2/c1-15(29)23-17-3-5-18(6-4-17)24-21(30)16-9-13-27(14-10-16)19-7-8-20(26-25-19)28-12-2-11-22-28/h2-8,11-12,16H,9-10,13-14H2,1H3,(H,23,29)(H,24,30). The van der Waals surface area contributed by atoms with Crippen molar-refractivity contribution in [2.45, 2.75) is 19.8 Å². The zero-order valence-corrected chi connectivity index (χ0v) is 16.7. The van der Waals surface area contributed by atoms with Gasteiger partial charge in [-0.2, -0.15) is 5.10 Å². The van der Waals surface area contributed by atoms with Crippen LogP contribution in [0.2, 0.25) is 0 Å². The van der Waals surface area contributed by atoms with Gasteiger partial charge in [0.05, 0.1) is 0 Å². The van der Waals surface area contributed by atoms with Crippen molar-refractivity contribution in [3.05, 3.63) is 54.9 Å². The number of nitrogens with zero attached hydrogens (tertiary/aromatic N) is 5. The Morgan fingerprint density at radius 2 is 1.57 bits per heavy atom. The molecular formula is C21H23N7O2. The summed E-state index contributed by atoms with van der Waals surface area (Å²) in [6, 6.07) is 12.8. The molecule has 9 nitrogen and oxygen atoms in total. The lowest BCUT2D eigenvalue weighted by Gasteiger charge is -2.31. The number of carbonyl (C=O) groups is 2. The van der Waals surface area contributed by atoms with Gasteiger partial charge in [-0.3, -0.25) is 9.59 Å². The summed E-state index contributed by atoms with van der Waals surface area (Å²) in [7, 11) is 0. The highest BCUT2D eigenvalue weighted by atomic mass is 16.2. The molecule has 2 amide bonds. The van der Waals surface area contributed by atoms with Crippen molar-refractivity contribution in [1.82, 2.24) is 20.0 Å². The van der Waals surface area contributed by atoms with E-state index in [0.717, 1.165) is 37.4 Å². The summed E-state index contributed by atoms with van der Waals surface area (Å²) in [6.07, 6.45) is 5.01. The summed E-state index contributed by atoms with van der Waals surface area (Å²) in [5.41, 5.74) is 1.42. The van der Waals surface area contributed by atoms with E-state index in [4.69, 9.17) is 0 Å². The molecule has 1 aliphatic rings. The topological polar surface area (TPSA) is 105 Å². The highest BCUT2D eigenvalue weighted by Gasteiger charge is 2.26. The lowest BCUT2D eigenvalue weighted by molar-refractivity contribution is -0.120. The summed E-state index contributed by atoms with van der Waals surface area (Å²) in [4.78, 5) is 25.8. The van der Waals surface area contributed by atoms with E-state index >= 15 is 0 Å². The average Bonchev–Trinajstić information content (AvgIpc) is 3.30. The smallest absolute Gasteiger partial charge is 0.227 e. The molecule has 1 fully saturated rings. The molecule has 4 rings (SSSR count). The molecule has 0 saturated carbocycles. The van der Waals surface area contributed by atoms with Gasteiger partial charge in [-0.1, -0.05) is 0 Å². The number of carbonyl (C=O) groups excluding carboxylic acids is 2. The number of amides is 2. The number of anilines is 3. The first-order valence-electron chi connectivity index (χ1n) is 9.86. The van der Waals surface area contributed by atoms with Gasteiger partial charge in [-0.15, -0.1) is 10.2 Å². The second-order valence-electron chi connectivity index (χ2n) is 7.21. The second-order valence-corrected chi connectivity index (χ2v) is 7.21. The van der Waals surface area contributed by atoms with Crippen molar-refractivity contribution in [2.24, 2.45) is 5.92 Å². The number of aromatic nitrogens is 4. The molecule has 1 saturated heterocycles. The maximum Gasteiger partial charge on any atom is 0.227 e. The van der Waals surface area contributed by atoms with Gasteiger partial charge in [0.25, 0.3) is 0 Å². The lowest BCUT2D eigenvalue weighted by Crippen LogP contribution is -2.38. The fourth-order valence-electron chi connectivity index (χ4n) is 3.47. The predicted molar refractivity (Wildman–Crippen MR) is 113 cm³/mol. The van der Waals surface area contributed by atoms with Gasteiger partial charge in [0.1, 0.15) is 0 Å². The number of hydrogen-bond acceptors (Lipinski definition) is 6. The molecule has 30 heavy (non-hydrogen) atoms. The first kappa shape index (κ1) is 19.6. The van der Waals surface area contributed by atoms with Crippen LogP contribution in [0.15, 0.2) is 54.9 Å². The molecule has 3 heterocycles. The molecule has 2 aromatic heterocycles. The van der Waals surface area contributed by atoms with Crippen molar-refractivity contribution in [3.63, 3.8) is 0 Å². The third-order valence-electron chi connectivity index (χ3n) is 5.04. The van der Waals surface area contributed by atoms with Crippen LogP contribution in [0, 0.1) is 5.92 Å². The van der Waals surface area contributed by atoms with Crippen LogP contribution in [0.3, 0.4) is 0 Å². The molecule has 9 heteroatoms. The lowest BCUT2D eigenvalue weighted by atomic mass is 9.96. The van der Waals surface area contributed by atoms with Crippen LogP contribution in [0.5, 0.6) is 0 Å². The van der Waals surface area contributed by atoms with E-state index in [0.29, 0.717) is 11.5 Å². The van der Waals surface area contributed by atoms with Crippen LogP contribution >= 0.6 is 0 Å². The fraction of sp³-hybridized carbons (Fsp3) is 0.286. The number of piperidine rings is 1. The summed E-state index contributed by atoms with van der Waals surface area (Å²) in [5.74, 6) is 1.31. The monoisotopic (exact) mass is 405 g/mol. The summed E-state index contributed by atoms with van der Waals surface area (Å²) in [6.45, 7) is 2.95. The van der Waals surface area contributed by atoms with E-state index in [-0.39, 0.29) is 17.7 Å². The highest BCUT2D eigenvalue weighted by molar-refractivity contribution is 5.93. The summed E-state index contributed by atoms with van der Waals surface area (Å²) < 4.78 is 1.66. The molecule has 0 atom stereocenters. The molecule has 2 N–H and O–H groups in total. The van der Waals surface area contributed by atoms with E-state index < -0.39 is 0 Å². The minimum absolute atomic E-state index is 0.0158. The molecule has 0 bridgehead atoms. The number of benzene rings is 1. The van der Waals surface area contributed by atoms with Gasteiger partial charge in [0, 0.05) is 49.7 Å². The molecule has 0 unspecified atom stereocenters. The van der Waals surface area contributed by atoms with Gasteiger partial charge in [-0.05, 0) is 55.3 Å². The SMILES string of the molecule is CC(=O)Nc1ccc(NC(=O)C2CCN(c3ccc(-n4cccn4)nn3)CC2)cc1. The predicted octanol–water partition coefficient (Wildman–Crippen LogP) is 2.48. The average molecular weight is 405 g/mol. The third kappa shape index (κ3) is 4.62. The molecule has 1 aromatic carbocycles. The number of hydrogen-bond donors (Lipinski definition) is 2. The van der Waals surface area contributed by atoms with Crippen LogP contribution in [0.4, 0.5) is 17.2 Å². The Bertz CT molecular complexity index is 993. The Morgan fingerprint density at radius 1 is 0.933 bits per heavy atom. The van der Waals surface area contributed by atoms with Crippen molar-refractivity contribution in [3.8, 4) is 5.82 Å². The summed E-state index contributed by atoms with van der Waals surface area (Å²) in [5, 5.41) is 18.4. The number of rotatable bonds is 5. The number of nitrogens with one attached hydrogen (secondary N) is 2. The Kier molecular flexibility index (Phi) is 5.69. The van der Waals surface area contributed by atoms with Crippen molar-refractivity contribution >= 4 is 29.0 Å². The minimum atomic E-state index is -0.126. The van der Waals surface area contributed by atoms with Crippen LogP contribution in [0.25, 0.3) is 5.82 Å². The summed E-state index contributed by atoms with van der Waals surface area (Å²) >= 11 is 0. The van der Waals surface area contributed by atoms with E-state index in [1.54, 1.807) is 35.1 Å². The first-order valence-corrected chi connectivity index (χ1v) is 9.86. The van der Waals surface area contributed by atoms with Gasteiger partial charge in [0.15, 0.2) is 11.6 Å². The highest BCUT2D eigenvalue weighted by Crippen LogP contribution is 2.23. The van der Waals surface area contributed by atoms with E-state index in [2.05, 4.69) is 30.8 Å². The van der Waals surface area contributed by atoms with Gasteiger partial charge in [0.2, 0.25) is 11.8 Å². The third-order valence-corrected chi connectivity index (χ3v) is 5.04. The normalized spacial score (nSPS) is 14.4. The van der Waals surface area contributed by atoms with Crippen LogP contribution in [-0.2, 0) is 9.59 Å². The van der Waals surface area contributed by atoms with Crippen molar-refractivity contribution in [2.75, 3.05) is 28.6 Å².